The van der Waals surface area contributed by atoms with Crippen molar-refractivity contribution < 1.29 is 13.7 Å². The van der Waals surface area contributed by atoms with Gasteiger partial charge in [0.05, 0.1) is 22.1 Å². The monoisotopic (exact) mass is 470 g/mol. The Labute approximate surface area is 197 Å². The maximum Gasteiger partial charge on any atom is 0.227 e. The minimum absolute atomic E-state index is 0.0733. The van der Waals surface area contributed by atoms with E-state index in [0.717, 1.165) is 53.3 Å². The minimum atomic E-state index is -0.481. The summed E-state index contributed by atoms with van der Waals surface area (Å²) in [4.78, 5) is 13.1. The lowest BCUT2D eigenvalue weighted by Gasteiger charge is -2.20. The molecule has 1 amide bonds. The molecular formula is C25H28ClFN4O2. The van der Waals surface area contributed by atoms with Gasteiger partial charge in [-0.15, -0.1) is 0 Å². The lowest BCUT2D eigenvalue weighted by atomic mass is 9.99. The molecule has 0 spiro atoms. The van der Waals surface area contributed by atoms with Crippen LogP contribution in [0.1, 0.15) is 30.4 Å². The van der Waals surface area contributed by atoms with E-state index in [1.165, 1.54) is 12.1 Å². The largest absolute Gasteiger partial charge is 0.379 e. The van der Waals surface area contributed by atoms with E-state index in [4.69, 9.17) is 16.1 Å². The van der Waals surface area contributed by atoms with Crippen LogP contribution in [0.5, 0.6) is 0 Å². The first-order valence-corrected chi connectivity index (χ1v) is 11.5. The van der Waals surface area contributed by atoms with Crippen molar-refractivity contribution in [2.24, 2.45) is 5.92 Å². The Bertz CT molecular complexity index is 1140. The summed E-state index contributed by atoms with van der Waals surface area (Å²) >= 11 is 5.78. The number of nitrogens with one attached hydrogen (secondary N) is 3. The molecule has 0 unspecified atom stereocenters. The molecule has 1 saturated heterocycles. The SMILES string of the molecule is Cc1noc(C)c1-c1ccc(N[C@H]2CCNC2)c(NC(=O)[C@H](C)Cc2ccc(Cl)c(F)c2)c1. The molecule has 6 nitrogen and oxygen atoms in total. The molecule has 3 N–H and O–H groups in total. The molecule has 8 heteroatoms. The Morgan fingerprint density at radius 3 is 2.76 bits per heavy atom. The van der Waals surface area contributed by atoms with E-state index in [1.807, 2.05) is 39.0 Å². The summed E-state index contributed by atoms with van der Waals surface area (Å²) in [5.74, 6) is -0.266. The third-order valence-corrected chi connectivity index (χ3v) is 6.30. The summed E-state index contributed by atoms with van der Waals surface area (Å²) in [6.07, 6.45) is 1.41. The first-order valence-electron chi connectivity index (χ1n) is 11.1. The van der Waals surface area contributed by atoms with Crippen LogP contribution < -0.4 is 16.0 Å². The summed E-state index contributed by atoms with van der Waals surface area (Å²) in [7, 11) is 0. The van der Waals surface area contributed by atoms with Gasteiger partial charge in [0.25, 0.3) is 0 Å². The van der Waals surface area contributed by atoms with Gasteiger partial charge in [0, 0.05) is 24.1 Å². The number of benzene rings is 2. The van der Waals surface area contributed by atoms with Gasteiger partial charge in [0.1, 0.15) is 11.6 Å². The van der Waals surface area contributed by atoms with E-state index in [0.29, 0.717) is 18.2 Å². The van der Waals surface area contributed by atoms with Gasteiger partial charge >= 0.3 is 0 Å². The number of anilines is 2. The number of hydrogen-bond donors (Lipinski definition) is 3. The molecule has 2 heterocycles. The molecule has 1 fully saturated rings. The molecule has 0 bridgehead atoms. The molecule has 0 radical (unpaired) electrons. The van der Waals surface area contributed by atoms with Crippen molar-refractivity contribution in [3.05, 3.63) is 64.3 Å². The number of carbonyl (C=O) groups excluding carboxylic acids is 1. The van der Waals surface area contributed by atoms with Gasteiger partial charge in [0.2, 0.25) is 5.91 Å². The van der Waals surface area contributed by atoms with E-state index in [-0.39, 0.29) is 16.8 Å². The Balaban J connectivity index is 1.58. The van der Waals surface area contributed by atoms with Crippen LogP contribution >= 0.6 is 11.6 Å². The Hall–Kier alpha value is -2.90. The second-order valence-electron chi connectivity index (χ2n) is 8.64. The summed E-state index contributed by atoms with van der Waals surface area (Å²) in [6.45, 7) is 7.43. The fourth-order valence-corrected chi connectivity index (χ4v) is 4.31. The second-order valence-corrected chi connectivity index (χ2v) is 9.04. The predicted octanol–water partition coefficient (Wildman–Crippen LogP) is 5.34. The molecule has 33 heavy (non-hydrogen) atoms. The predicted molar refractivity (Wildman–Crippen MR) is 129 cm³/mol. The number of amides is 1. The van der Waals surface area contributed by atoms with Crippen LogP contribution in [0.4, 0.5) is 15.8 Å². The van der Waals surface area contributed by atoms with Crippen molar-refractivity contribution in [2.45, 2.75) is 39.7 Å². The zero-order valence-corrected chi connectivity index (χ0v) is 19.7. The Morgan fingerprint density at radius 2 is 2.09 bits per heavy atom. The van der Waals surface area contributed by atoms with Crippen molar-refractivity contribution in [3.63, 3.8) is 0 Å². The summed E-state index contributed by atoms with van der Waals surface area (Å²) in [5.41, 5.74) is 4.91. The van der Waals surface area contributed by atoms with Crippen LogP contribution in [0.15, 0.2) is 40.9 Å². The quantitative estimate of drug-likeness (QED) is 0.434. The first-order chi connectivity index (χ1) is 15.8. The number of aryl methyl sites for hydroxylation is 2. The number of halogens is 2. The topological polar surface area (TPSA) is 79.2 Å². The minimum Gasteiger partial charge on any atom is -0.379 e. The number of aromatic nitrogens is 1. The molecule has 0 saturated carbocycles. The van der Waals surface area contributed by atoms with Gasteiger partial charge in [0.15, 0.2) is 0 Å². The number of nitrogens with zero attached hydrogens (tertiary/aromatic N) is 1. The van der Waals surface area contributed by atoms with Gasteiger partial charge in [-0.25, -0.2) is 4.39 Å². The van der Waals surface area contributed by atoms with Crippen molar-refractivity contribution in [1.29, 1.82) is 0 Å². The zero-order chi connectivity index (χ0) is 23.5. The van der Waals surface area contributed by atoms with E-state index >= 15 is 0 Å². The highest BCUT2D eigenvalue weighted by molar-refractivity contribution is 6.30. The maximum absolute atomic E-state index is 13.8. The van der Waals surface area contributed by atoms with E-state index in [2.05, 4.69) is 21.1 Å². The molecule has 2 atom stereocenters. The highest BCUT2D eigenvalue weighted by atomic mass is 35.5. The number of carbonyl (C=O) groups is 1. The van der Waals surface area contributed by atoms with Gasteiger partial charge in [-0.2, -0.15) is 0 Å². The molecule has 4 rings (SSSR count). The molecule has 0 aliphatic carbocycles. The van der Waals surface area contributed by atoms with Crippen LogP contribution in [0.25, 0.3) is 11.1 Å². The summed E-state index contributed by atoms with van der Waals surface area (Å²) < 4.78 is 19.1. The van der Waals surface area contributed by atoms with E-state index in [9.17, 15) is 9.18 Å². The third kappa shape index (κ3) is 5.37. The third-order valence-electron chi connectivity index (χ3n) is 5.99. The van der Waals surface area contributed by atoms with Crippen molar-refractivity contribution in [2.75, 3.05) is 23.7 Å². The van der Waals surface area contributed by atoms with Crippen molar-refractivity contribution >= 4 is 28.9 Å². The van der Waals surface area contributed by atoms with Crippen molar-refractivity contribution in [3.8, 4) is 11.1 Å². The lowest BCUT2D eigenvalue weighted by molar-refractivity contribution is -0.119. The Kier molecular flexibility index (Phi) is 7.00. The van der Waals surface area contributed by atoms with Gasteiger partial charge in [-0.1, -0.05) is 35.8 Å². The summed E-state index contributed by atoms with van der Waals surface area (Å²) in [6, 6.07) is 10.9. The van der Waals surface area contributed by atoms with Crippen LogP contribution in [-0.2, 0) is 11.2 Å². The fourth-order valence-electron chi connectivity index (χ4n) is 4.19. The summed E-state index contributed by atoms with van der Waals surface area (Å²) in [5, 5.41) is 14.1. The van der Waals surface area contributed by atoms with Gasteiger partial charge in [-0.05, 0) is 68.6 Å². The van der Waals surface area contributed by atoms with Crippen LogP contribution in [0.3, 0.4) is 0 Å². The maximum atomic E-state index is 13.8. The van der Waals surface area contributed by atoms with Crippen LogP contribution in [0.2, 0.25) is 5.02 Å². The van der Waals surface area contributed by atoms with Gasteiger partial charge in [-0.3, -0.25) is 4.79 Å². The van der Waals surface area contributed by atoms with Crippen molar-refractivity contribution in [1.82, 2.24) is 10.5 Å². The average Bonchev–Trinajstić information content (AvgIpc) is 3.41. The van der Waals surface area contributed by atoms with Crippen LogP contribution in [-0.4, -0.2) is 30.2 Å². The average molecular weight is 471 g/mol. The first kappa shape index (κ1) is 23.3. The molecule has 1 aromatic heterocycles. The second kappa shape index (κ2) is 9.93. The van der Waals surface area contributed by atoms with Crippen LogP contribution in [0, 0.1) is 25.6 Å². The smallest absolute Gasteiger partial charge is 0.227 e. The molecule has 1 aliphatic rings. The number of rotatable bonds is 7. The fraction of sp³-hybridized carbons (Fsp3) is 0.360. The molecule has 2 aromatic carbocycles. The normalized spacial score (nSPS) is 16.6. The highest BCUT2D eigenvalue weighted by Gasteiger charge is 2.21. The van der Waals surface area contributed by atoms with E-state index < -0.39 is 5.82 Å². The highest BCUT2D eigenvalue weighted by Crippen LogP contribution is 2.33. The zero-order valence-electron chi connectivity index (χ0n) is 19.0. The number of hydrogen-bond acceptors (Lipinski definition) is 5. The molecule has 3 aromatic rings. The molecular weight excluding hydrogens is 443 g/mol. The van der Waals surface area contributed by atoms with Gasteiger partial charge < -0.3 is 20.5 Å². The lowest BCUT2D eigenvalue weighted by Crippen LogP contribution is -2.25. The van der Waals surface area contributed by atoms with E-state index in [1.54, 1.807) is 6.07 Å². The molecule has 1 aliphatic heterocycles. The Morgan fingerprint density at radius 1 is 1.27 bits per heavy atom. The standard InChI is InChI=1S/C25H28ClFN4O2/c1-14(10-17-4-6-20(26)21(27)11-17)25(32)30-23-12-18(24-15(2)31-33-16(24)3)5-7-22(23)29-19-8-9-28-13-19/h4-7,11-12,14,19,28-29H,8-10,13H2,1-3H3,(H,30,32)/t14-,19+/m1/s1. The molecule has 174 valence electrons.